The third-order valence-electron chi connectivity index (χ3n) is 4.09. The number of nitrogens with zero attached hydrogens (tertiary/aromatic N) is 1. The lowest BCUT2D eigenvalue weighted by molar-refractivity contribution is -0.385. The van der Waals surface area contributed by atoms with Crippen molar-refractivity contribution in [1.29, 1.82) is 0 Å². The molecule has 0 aliphatic heterocycles. The standard InChI is InChI=1S/C13H16FNO4/c1-3-13(2)11(16)7-12(13)19-10-5-4-8(15(17)18)6-9(10)14/h4-6,11-12,16H,3,7H2,1-2H3. The van der Waals surface area contributed by atoms with E-state index in [9.17, 15) is 19.6 Å². The quantitative estimate of drug-likeness (QED) is 0.673. The molecule has 0 bridgehead atoms. The van der Waals surface area contributed by atoms with E-state index in [4.69, 9.17) is 4.74 Å². The molecule has 2 rings (SSSR count). The molecule has 6 heteroatoms. The Morgan fingerprint density at radius 1 is 1.63 bits per heavy atom. The van der Waals surface area contributed by atoms with E-state index in [1.165, 1.54) is 12.1 Å². The van der Waals surface area contributed by atoms with Crippen molar-refractivity contribution in [3.8, 4) is 5.75 Å². The van der Waals surface area contributed by atoms with Crippen molar-refractivity contribution in [2.45, 2.75) is 38.9 Å². The van der Waals surface area contributed by atoms with E-state index in [1.807, 2.05) is 13.8 Å². The molecule has 0 heterocycles. The minimum atomic E-state index is -0.756. The lowest BCUT2D eigenvalue weighted by atomic mass is 9.63. The molecule has 0 aromatic heterocycles. The molecule has 1 aliphatic rings. The van der Waals surface area contributed by atoms with Crippen molar-refractivity contribution in [2.24, 2.45) is 5.41 Å². The Balaban J connectivity index is 2.15. The van der Waals surface area contributed by atoms with Gasteiger partial charge < -0.3 is 9.84 Å². The van der Waals surface area contributed by atoms with Gasteiger partial charge in [0.05, 0.1) is 17.1 Å². The number of nitro groups is 1. The number of rotatable bonds is 4. The molecule has 1 fully saturated rings. The van der Waals surface area contributed by atoms with Crippen molar-refractivity contribution in [1.82, 2.24) is 0 Å². The molecular weight excluding hydrogens is 253 g/mol. The smallest absolute Gasteiger partial charge is 0.272 e. The van der Waals surface area contributed by atoms with Gasteiger partial charge in [0, 0.05) is 17.9 Å². The lowest BCUT2D eigenvalue weighted by Gasteiger charge is -2.50. The van der Waals surface area contributed by atoms with Crippen LogP contribution in [-0.4, -0.2) is 22.2 Å². The van der Waals surface area contributed by atoms with Crippen LogP contribution in [0.25, 0.3) is 0 Å². The van der Waals surface area contributed by atoms with E-state index in [-0.39, 0.29) is 17.5 Å². The summed E-state index contributed by atoms with van der Waals surface area (Å²) < 4.78 is 19.2. The van der Waals surface area contributed by atoms with E-state index in [1.54, 1.807) is 0 Å². The molecule has 3 atom stereocenters. The number of ether oxygens (including phenoxy) is 1. The second-order valence-electron chi connectivity index (χ2n) is 5.09. The maximum Gasteiger partial charge on any atom is 0.272 e. The number of halogens is 1. The maximum atomic E-state index is 13.7. The third-order valence-corrected chi connectivity index (χ3v) is 4.09. The van der Waals surface area contributed by atoms with Crippen LogP contribution < -0.4 is 4.74 Å². The van der Waals surface area contributed by atoms with Gasteiger partial charge in [-0.2, -0.15) is 0 Å². The zero-order chi connectivity index (χ0) is 14.2. The molecule has 5 nitrogen and oxygen atoms in total. The third kappa shape index (κ3) is 2.28. The molecule has 0 spiro atoms. The van der Waals surface area contributed by atoms with Crippen LogP contribution in [0.2, 0.25) is 0 Å². The van der Waals surface area contributed by atoms with Crippen LogP contribution in [0.5, 0.6) is 5.75 Å². The van der Waals surface area contributed by atoms with Gasteiger partial charge in [-0.15, -0.1) is 0 Å². The minimum absolute atomic E-state index is 0.0119. The number of aliphatic hydroxyl groups excluding tert-OH is 1. The Morgan fingerprint density at radius 3 is 2.79 bits per heavy atom. The second-order valence-corrected chi connectivity index (χ2v) is 5.09. The van der Waals surface area contributed by atoms with Crippen molar-refractivity contribution >= 4 is 5.69 Å². The van der Waals surface area contributed by atoms with Gasteiger partial charge >= 0.3 is 0 Å². The molecule has 1 saturated carbocycles. The van der Waals surface area contributed by atoms with Crippen LogP contribution >= 0.6 is 0 Å². The summed E-state index contributed by atoms with van der Waals surface area (Å²) in [6.45, 7) is 3.82. The number of non-ortho nitro benzene ring substituents is 1. The highest BCUT2D eigenvalue weighted by Crippen LogP contribution is 2.46. The molecule has 104 valence electrons. The van der Waals surface area contributed by atoms with Crippen molar-refractivity contribution in [3.05, 3.63) is 34.1 Å². The highest BCUT2D eigenvalue weighted by atomic mass is 19.1. The van der Waals surface area contributed by atoms with E-state index >= 15 is 0 Å². The minimum Gasteiger partial charge on any atom is -0.487 e. The summed E-state index contributed by atoms with van der Waals surface area (Å²) in [6, 6.07) is 3.30. The predicted molar refractivity (Wildman–Crippen MR) is 66.5 cm³/mol. The van der Waals surface area contributed by atoms with Gasteiger partial charge in [-0.1, -0.05) is 13.8 Å². The van der Waals surface area contributed by atoms with E-state index < -0.39 is 22.3 Å². The Morgan fingerprint density at radius 2 is 2.32 bits per heavy atom. The normalized spacial score (nSPS) is 29.7. The van der Waals surface area contributed by atoms with Crippen molar-refractivity contribution in [2.75, 3.05) is 0 Å². The summed E-state index contributed by atoms with van der Waals surface area (Å²) in [5, 5.41) is 20.2. The van der Waals surface area contributed by atoms with Gasteiger partial charge in [0.25, 0.3) is 5.69 Å². The van der Waals surface area contributed by atoms with E-state index in [0.29, 0.717) is 12.8 Å². The molecule has 19 heavy (non-hydrogen) atoms. The number of aliphatic hydroxyl groups is 1. The monoisotopic (exact) mass is 269 g/mol. The molecule has 0 saturated heterocycles. The summed E-state index contributed by atoms with van der Waals surface area (Å²) in [5.74, 6) is -0.767. The topological polar surface area (TPSA) is 72.6 Å². The Labute approximate surface area is 110 Å². The molecule has 1 N–H and O–H groups in total. The number of benzene rings is 1. The van der Waals surface area contributed by atoms with Crippen molar-refractivity contribution < 1.29 is 19.2 Å². The van der Waals surface area contributed by atoms with E-state index in [0.717, 1.165) is 6.07 Å². The first-order valence-corrected chi connectivity index (χ1v) is 6.17. The summed E-state index contributed by atoms with van der Waals surface area (Å²) in [6.07, 6.45) is 0.431. The zero-order valence-corrected chi connectivity index (χ0v) is 10.8. The molecular formula is C13H16FNO4. The summed E-state index contributed by atoms with van der Waals surface area (Å²) in [7, 11) is 0. The average Bonchev–Trinajstić information content (AvgIpc) is 2.38. The van der Waals surface area contributed by atoms with Crippen molar-refractivity contribution in [3.63, 3.8) is 0 Å². The first-order valence-electron chi connectivity index (χ1n) is 6.17. The number of nitro benzene ring substituents is 1. The second kappa shape index (κ2) is 4.77. The van der Waals surface area contributed by atoms with E-state index in [2.05, 4.69) is 0 Å². The van der Waals surface area contributed by atoms with Crippen LogP contribution in [-0.2, 0) is 0 Å². The molecule has 0 radical (unpaired) electrons. The van der Waals surface area contributed by atoms with Crippen LogP contribution in [0, 0.1) is 21.3 Å². The summed E-state index contributed by atoms with van der Waals surface area (Å²) >= 11 is 0. The Hall–Kier alpha value is -1.69. The number of hydrogen-bond acceptors (Lipinski definition) is 4. The molecule has 0 amide bonds. The number of hydrogen-bond donors (Lipinski definition) is 1. The van der Waals surface area contributed by atoms with Gasteiger partial charge in [0.2, 0.25) is 0 Å². The Kier molecular flexibility index (Phi) is 3.45. The summed E-state index contributed by atoms with van der Waals surface area (Å²) in [4.78, 5) is 9.85. The van der Waals surface area contributed by atoms with Crippen LogP contribution in [0.3, 0.4) is 0 Å². The van der Waals surface area contributed by atoms with Crippen LogP contribution in [0.4, 0.5) is 10.1 Å². The zero-order valence-electron chi connectivity index (χ0n) is 10.8. The lowest BCUT2D eigenvalue weighted by Crippen LogP contribution is -2.57. The fraction of sp³-hybridized carbons (Fsp3) is 0.538. The van der Waals surface area contributed by atoms with Gasteiger partial charge in [-0.3, -0.25) is 10.1 Å². The van der Waals surface area contributed by atoms with Crippen LogP contribution in [0.1, 0.15) is 26.7 Å². The SMILES string of the molecule is CCC1(C)C(O)CC1Oc1ccc([N+](=O)[O-])cc1F. The molecule has 1 aromatic rings. The molecule has 3 unspecified atom stereocenters. The predicted octanol–water partition coefficient (Wildman–Crippen LogP) is 2.66. The molecule has 1 aromatic carbocycles. The highest BCUT2D eigenvalue weighted by Gasteiger charge is 2.51. The fourth-order valence-electron chi connectivity index (χ4n) is 2.29. The van der Waals surface area contributed by atoms with Gasteiger partial charge in [0.15, 0.2) is 11.6 Å². The first kappa shape index (κ1) is 13.7. The van der Waals surface area contributed by atoms with Gasteiger partial charge in [0.1, 0.15) is 6.10 Å². The van der Waals surface area contributed by atoms with Gasteiger partial charge in [-0.05, 0) is 12.5 Å². The fourth-order valence-corrected chi connectivity index (χ4v) is 2.29. The molecule has 1 aliphatic carbocycles. The maximum absolute atomic E-state index is 13.7. The largest absolute Gasteiger partial charge is 0.487 e. The van der Waals surface area contributed by atoms with Gasteiger partial charge in [-0.25, -0.2) is 4.39 Å². The summed E-state index contributed by atoms with van der Waals surface area (Å²) in [5.41, 5.74) is -0.703. The highest BCUT2D eigenvalue weighted by molar-refractivity contribution is 5.38. The first-order chi connectivity index (χ1) is 8.88. The Bertz CT molecular complexity index is 507. The average molecular weight is 269 g/mol. The van der Waals surface area contributed by atoms with Crippen LogP contribution in [0.15, 0.2) is 18.2 Å².